The number of aromatic nitrogens is 2. The van der Waals surface area contributed by atoms with Gasteiger partial charge in [0.15, 0.2) is 5.82 Å². The highest BCUT2D eigenvalue weighted by atomic mass is 32.1. The molecule has 0 saturated carbocycles. The van der Waals surface area contributed by atoms with Gasteiger partial charge >= 0.3 is 0 Å². The van der Waals surface area contributed by atoms with E-state index < -0.39 is 4.92 Å². The molecule has 1 saturated heterocycles. The molecule has 2 aromatic heterocycles. The summed E-state index contributed by atoms with van der Waals surface area (Å²) >= 11 is 1.62. The number of anilines is 1. The first-order valence-corrected chi connectivity index (χ1v) is 10.1. The van der Waals surface area contributed by atoms with Gasteiger partial charge in [-0.3, -0.25) is 14.9 Å². The van der Waals surface area contributed by atoms with Crippen LogP contribution in [-0.2, 0) is 0 Å². The molecule has 1 aromatic carbocycles. The summed E-state index contributed by atoms with van der Waals surface area (Å²) in [5.41, 5.74) is 1.70. The van der Waals surface area contributed by atoms with Gasteiger partial charge in [-0.15, -0.1) is 21.5 Å². The molecule has 8 nitrogen and oxygen atoms in total. The highest BCUT2D eigenvalue weighted by Crippen LogP contribution is 2.24. The molecule has 1 aliphatic rings. The van der Waals surface area contributed by atoms with E-state index in [1.54, 1.807) is 35.3 Å². The standard InChI is InChI=1S/C20H19N5O3S/c1-14-4-5-15(13-17(14)25(27)28)20(26)24-10-8-23(9-11-24)19-7-6-16(21-22-19)18-3-2-12-29-18/h2-7,12-13H,8-11H2,1H3. The number of hydrogen-bond donors (Lipinski definition) is 0. The van der Waals surface area contributed by atoms with Gasteiger partial charge in [0.05, 0.1) is 9.80 Å². The average molecular weight is 409 g/mol. The van der Waals surface area contributed by atoms with Crippen molar-refractivity contribution in [2.24, 2.45) is 0 Å². The van der Waals surface area contributed by atoms with Gasteiger partial charge in [-0.25, -0.2) is 0 Å². The molecule has 0 radical (unpaired) electrons. The number of nitrogens with zero attached hydrogens (tertiary/aromatic N) is 5. The molecule has 9 heteroatoms. The summed E-state index contributed by atoms with van der Waals surface area (Å²) in [6.45, 7) is 3.97. The lowest BCUT2D eigenvalue weighted by Crippen LogP contribution is -2.49. The van der Waals surface area contributed by atoms with Crippen molar-refractivity contribution in [1.82, 2.24) is 15.1 Å². The van der Waals surface area contributed by atoms with Crippen LogP contribution in [0.15, 0.2) is 47.8 Å². The number of nitro groups is 1. The Labute approximate surface area is 171 Å². The van der Waals surface area contributed by atoms with Crippen molar-refractivity contribution in [3.8, 4) is 10.6 Å². The number of hydrogen-bond acceptors (Lipinski definition) is 7. The predicted octanol–water partition coefficient (Wildman–Crippen LogP) is 3.38. The molecule has 4 rings (SSSR count). The van der Waals surface area contributed by atoms with E-state index >= 15 is 0 Å². The second kappa shape index (κ2) is 7.96. The third kappa shape index (κ3) is 3.95. The molecule has 3 aromatic rings. The molecule has 0 atom stereocenters. The van der Waals surface area contributed by atoms with Crippen LogP contribution in [0.3, 0.4) is 0 Å². The molecule has 1 fully saturated rings. The van der Waals surface area contributed by atoms with Crippen LogP contribution < -0.4 is 4.90 Å². The van der Waals surface area contributed by atoms with Crippen molar-refractivity contribution in [3.05, 3.63) is 69.1 Å². The summed E-state index contributed by atoms with van der Waals surface area (Å²) in [6, 6.07) is 12.5. The van der Waals surface area contributed by atoms with Crippen LogP contribution in [0.1, 0.15) is 15.9 Å². The van der Waals surface area contributed by atoms with Crippen LogP contribution in [0.5, 0.6) is 0 Å². The van der Waals surface area contributed by atoms with Crippen molar-refractivity contribution in [2.75, 3.05) is 31.1 Å². The number of nitro benzene ring substituents is 1. The quantitative estimate of drug-likeness (QED) is 0.484. The molecule has 3 heterocycles. The Morgan fingerprint density at radius 3 is 2.52 bits per heavy atom. The third-order valence-corrected chi connectivity index (χ3v) is 5.86. The molecule has 0 bridgehead atoms. The Bertz CT molecular complexity index is 1030. The van der Waals surface area contributed by atoms with Crippen LogP contribution in [0, 0.1) is 17.0 Å². The van der Waals surface area contributed by atoms with E-state index in [1.807, 2.05) is 29.6 Å². The Morgan fingerprint density at radius 1 is 1.10 bits per heavy atom. The maximum absolute atomic E-state index is 12.8. The fourth-order valence-corrected chi connectivity index (χ4v) is 4.00. The topological polar surface area (TPSA) is 92.5 Å². The lowest BCUT2D eigenvalue weighted by molar-refractivity contribution is -0.385. The van der Waals surface area contributed by atoms with Crippen LogP contribution in [0.25, 0.3) is 10.6 Å². The second-order valence-electron chi connectivity index (χ2n) is 6.79. The highest BCUT2D eigenvalue weighted by molar-refractivity contribution is 7.13. The van der Waals surface area contributed by atoms with E-state index in [0.29, 0.717) is 37.3 Å². The number of amides is 1. The number of rotatable bonds is 4. The van der Waals surface area contributed by atoms with Crippen molar-refractivity contribution < 1.29 is 9.72 Å². The number of piperazine rings is 1. The molecule has 0 unspecified atom stereocenters. The molecule has 1 aliphatic heterocycles. The predicted molar refractivity (Wildman–Crippen MR) is 111 cm³/mol. The average Bonchev–Trinajstić information content (AvgIpc) is 3.29. The summed E-state index contributed by atoms with van der Waals surface area (Å²) in [5, 5.41) is 21.8. The summed E-state index contributed by atoms with van der Waals surface area (Å²) in [6.07, 6.45) is 0. The first-order chi connectivity index (χ1) is 14.0. The lowest BCUT2D eigenvalue weighted by atomic mass is 10.1. The Hall–Kier alpha value is -3.33. The van der Waals surface area contributed by atoms with Gasteiger partial charge in [0.25, 0.3) is 11.6 Å². The van der Waals surface area contributed by atoms with E-state index in [9.17, 15) is 14.9 Å². The summed E-state index contributed by atoms with van der Waals surface area (Å²) in [4.78, 5) is 28.3. The molecule has 0 N–H and O–H groups in total. The molecule has 148 valence electrons. The number of thiophene rings is 1. The van der Waals surface area contributed by atoms with Gasteiger partial charge in [-0.1, -0.05) is 12.1 Å². The Balaban J connectivity index is 1.41. The summed E-state index contributed by atoms with van der Waals surface area (Å²) in [7, 11) is 0. The smallest absolute Gasteiger partial charge is 0.273 e. The number of aryl methyl sites for hydroxylation is 1. The van der Waals surface area contributed by atoms with Gasteiger partial charge < -0.3 is 9.80 Å². The molecular weight excluding hydrogens is 390 g/mol. The number of carbonyl (C=O) groups is 1. The van der Waals surface area contributed by atoms with E-state index in [-0.39, 0.29) is 11.6 Å². The van der Waals surface area contributed by atoms with Crippen LogP contribution in [0.2, 0.25) is 0 Å². The largest absolute Gasteiger partial charge is 0.352 e. The summed E-state index contributed by atoms with van der Waals surface area (Å²) in [5.74, 6) is 0.593. The van der Waals surface area contributed by atoms with Gasteiger partial charge in [-0.05, 0) is 36.6 Å². The minimum atomic E-state index is -0.456. The molecule has 0 spiro atoms. The first-order valence-electron chi connectivity index (χ1n) is 9.20. The van der Waals surface area contributed by atoms with Crippen molar-refractivity contribution in [2.45, 2.75) is 6.92 Å². The monoisotopic (exact) mass is 409 g/mol. The maximum Gasteiger partial charge on any atom is 0.273 e. The zero-order valence-electron chi connectivity index (χ0n) is 15.8. The third-order valence-electron chi connectivity index (χ3n) is 4.97. The van der Waals surface area contributed by atoms with Gasteiger partial charge in [0.2, 0.25) is 0 Å². The van der Waals surface area contributed by atoms with E-state index in [0.717, 1.165) is 16.4 Å². The fraction of sp³-hybridized carbons (Fsp3) is 0.250. The van der Waals surface area contributed by atoms with Crippen molar-refractivity contribution >= 4 is 28.7 Å². The van der Waals surface area contributed by atoms with Crippen molar-refractivity contribution in [3.63, 3.8) is 0 Å². The Morgan fingerprint density at radius 2 is 1.90 bits per heavy atom. The molecular formula is C20H19N5O3S. The molecule has 29 heavy (non-hydrogen) atoms. The van der Waals surface area contributed by atoms with Gasteiger partial charge in [0.1, 0.15) is 5.69 Å². The lowest BCUT2D eigenvalue weighted by Gasteiger charge is -2.35. The first kappa shape index (κ1) is 19.0. The fourth-order valence-electron chi connectivity index (χ4n) is 3.31. The number of benzene rings is 1. The minimum absolute atomic E-state index is 0.0319. The second-order valence-corrected chi connectivity index (χ2v) is 7.74. The summed E-state index contributed by atoms with van der Waals surface area (Å²) < 4.78 is 0. The minimum Gasteiger partial charge on any atom is -0.352 e. The van der Waals surface area contributed by atoms with Crippen LogP contribution >= 0.6 is 11.3 Å². The highest BCUT2D eigenvalue weighted by Gasteiger charge is 2.24. The normalized spacial score (nSPS) is 14.1. The van der Waals surface area contributed by atoms with Crippen molar-refractivity contribution in [1.29, 1.82) is 0 Å². The number of carbonyl (C=O) groups excluding carboxylic acids is 1. The molecule has 1 amide bonds. The van der Waals surface area contributed by atoms with Gasteiger partial charge in [0, 0.05) is 43.4 Å². The van der Waals surface area contributed by atoms with Gasteiger partial charge in [-0.2, -0.15) is 0 Å². The zero-order valence-corrected chi connectivity index (χ0v) is 16.6. The molecule has 0 aliphatic carbocycles. The van der Waals surface area contributed by atoms with E-state index in [1.165, 1.54) is 6.07 Å². The van der Waals surface area contributed by atoms with Crippen LogP contribution in [-0.4, -0.2) is 52.1 Å². The van der Waals surface area contributed by atoms with E-state index in [4.69, 9.17) is 0 Å². The zero-order chi connectivity index (χ0) is 20.4. The van der Waals surface area contributed by atoms with E-state index in [2.05, 4.69) is 15.1 Å². The Kier molecular flexibility index (Phi) is 5.22. The SMILES string of the molecule is Cc1ccc(C(=O)N2CCN(c3ccc(-c4cccs4)nn3)CC2)cc1[N+](=O)[O-]. The maximum atomic E-state index is 12.8. The van der Waals surface area contributed by atoms with Crippen LogP contribution in [0.4, 0.5) is 11.5 Å².